The highest BCUT2D eigenvalue weighted by Crippen LogP contribution is 2.05. The number of carbonyl (C=O) groups is 3. The van der Waals surface area contributed by atoms with Crippen LogP contribution in [0.4, 0.5) is 4.79 Å². The van der Waals surface area contributed by atoms with Crippen LogP contribution in [0.15, 0.2) is 60.7 Å². The summed E-state index contributed by atoms with van der Waals surface area (Å²) < 4.78 is 20.8. The normalized spacial score (nSPS) is 9.64. The van der Waals surface area contributed by atoms with Gasteiger partial charge in [0, 0.05) is 11.1 Å². The fourth-order valence-electron chi connectivity index (χ4n) is 2.31. The molecule has 0 aliphatic carbocycles. The number of hydrogen-bond donors (Lipinski definition) is 2. The van der Waals surface area contributed by atoms with Crippen LogP contribution in [0.3, 0.4) is 0 Å². The number of halogens is 1. The van der Waals surface area contributed by atoms with Crippen LogP contribution in [0.5, 0.6) is 0 Å². The van der Waals surface area contributed by atoms with Crippen molar-refractivity contribution in [1.82, 2.24) is 0 Å². The van der Waals surface area contributed by atoms with Crippen molar-refractivity contribution in [2.75, 3.05) is 45.1 Å². The van der Waals surface area contributed by atoms with Crippen LogP contribution in [0, 0.1) is 0 Å². The minimum absolute atomic E-state index is 0.0750. The van der Waals surface area contributed by atoms with E-state index in [2.05, 4.69) is 11.5 Å². The smallest absolute Gasteiger partial charge is 0.426 e. The zero-order valence-electron chi connectivity index (χ0n) is 18.8. The number of nitrogens with two attached hydrogens (primary N) is 2. The maximum absolute atomic E-state index is 12.1. The van der Waals surface area contributed by atoms with E-state index in [9.17, 15) is 14.4 Å². The van der Waals surface area contributed by atoms with Crippen molar-refractivity contribution in [3.05, 3.63) is 71.8 Å². The molecular formula is C23H31IN2O7. The fourth-order valence-corrected chi connectivity index (χ4v) is 2.57. The number of hydrogen-bond acceptors (Lipinski definition) is 9. The Morgan fingerprint density at radius 2 is 1.15 bits per heavy atom. The SMILES string of the molecule is CN.CN.O=C(OCI)OC(COCC(=O)c1ccccc1)COCC(=O)c1ccccc1. The lowest BCUT2D eigenvalue weighted by molar-refractivity contribution is -0.0419. The van der Waals surface area contributed by atoms with Gasteiger partial charge in [0.05, 0.1) is 13.2 Å². The fraction of sp³-hybridized carbons (Fsp3) is 0.348. The van der Waals surface area contributed by atoms with Gasteiger partial charge >= 0.3 is 6.16 Å². The number of carbonyl (C=O) groups excluding carboxylic acids is 3. The van der Waals surface area contributed by atoms with Crippen molar-refractivity contribution >= 4 is 40.3 Å². The Bertz CT molecular complexity index is 734. The van der Waals surface area contributed by atoms with Gasteiger partial charge in [0.25, 0.3) is 0 Å². The topological polar surface area (TPSA) is 140 Å². The van der Waals surface area contributed by atoms with Gasteiger partial charge in [-0.3, -0.25) is 9.59 Å². The molecule has 0 saturated carbocycles. The van der Waals surface area contributed by atoms with Crippen molar-refractivity contribution in [2.45, 2.75) is 6.10 Å². The van der Waals surface area contributed by atoms with Crippen molar-refractivity contribution in [2.24, 2.45) is 11.5 Å². The van der Waals surface area contributed by atoms with E-state index in [1.807, 2.05) is 34.7 Å². The number of ketones is 2. The molecule has 0 aromatic heterocycles. The van der Waals surface area contributed by atoms with E-state index in [4.69, 9.17) is 18.9 Å². The molecule has 182 valence electrons. The second-order valence-electron chi connectivity index (χ2n) is 5.85. The molecular weight excluding hydrogens is 543 g/mol. The van der Waals surface area contributed by atoms with E-state index in [1.54, 1.807) is 48.5 Å². The molecule has 0 fully saturated rings. The van der Waals surface area contributed by atoms with E-state index in [0.717, 1.165) is 0 Å². The Balaban J connectivity index is 0.00000242. The van der Waals surface area contributed by atoms with Gasteiger partial charge in [-0.2, -0.15) is 0 Å². The molecule has 9 nitrogen and oxygen atoms in total. The molecule has 0 heterocycles. The Morgan fingerprint density at radius 3 is 1.52 bits per heavy atom. The van der Waals surface area contributed by atoms with Crippen molar-refractivity contribution in [3.8, 4) is 0 Å². The van der Waals surface area contributed by atoms with E-state index >= 15 is 0 Å². The van der Waals surface area contributed by atoms with Gasteiger partial charge < -0.3 is 30.4 Å². The van der Waals surface area contributed by atoms with Gasteiger partial charge in [0.1, 0.15) is 17.8 Å². The van der Waals surface area contributed by atoms with Crippen LogP contribution < -0.4 is 11.5 Å². The molecule has 0 aliphatic rings. The number of Topliss-reactive ketones (excluding diaryl/α,β-unsaturated/α-hetero) is 2. The summed E-state index contributed by atoms with van der Waals surface area (Å²) in [7, 11) is 3.00. The molecule has 0 unspecified atom stereocenters. The summed E-state index contributed by atoms with van der Waals surface area (Å²) in [5, 5.41) is 0. The highest BCUT2D eigenvalue weighted by atomic mass is 127. The summed E-state index contributed by atoms with van der Waals surface area (Å²) in [5.74, 6) is -0.390. The van der Waals surface area contributed by atoms with Gasteiger partial charge in [-0.15, -0.1) is 0 Å². The van der Waals surface area contributed by atoms with Crippen molar-refractivity contribution in [3.63, 3.8) is 0 Å². The van der Waals surface area contributed by atoms with Crippen LogP contribution in [-0.4, -0.2) is 69.0 Å². The van der Waals surface area contributed by atoms with Gasteiger partial charge in [-0.05, 0) is 36.7 Å². The molecule has 10 heteroatoms. The van der Waals surface area contributed by atoms with Crippen LogP contribution in [0.1, 0.15) is 20.7 Å². The maximum Gasteiger partial charge on any atom is 0.509 e. The highest BCUT2D eigenvalue weighted by Gasteiger charge is 2.18. The Labute approximate surface area is 207 Å². The quantitative estimate of drug-likeness (QED) is 0.170. The second kappa shape index (κ2) is 20.2. The maximum atomic E-state index is 12.1. The third kappa shape index (κ3) is 13.7. The highest BCUT2D eigenvalue weighted by molar-refractivity contribution is 14.1. The number of alkyl halides is 1. The minimum atomic E-state index is -0.875. The second-order valence-corrected chi connectivity index (χ2v) is 6.47. The molecule has 2 aromatic carbocycles. The molecule has 0 aliphatic heterocycles. The first kappa shape index (κ1) is 30.6. The Morgan fingerprint density at radius 1 is 0.758 bits per heavy atom. The molecule has 0 radical (unpaired) electrons. The molecule has 4 N–H and O–H groups in total. The van der Waals surface area contributed by atoms with Crippen LogP contribution in [0.2, 0.25) is 0 Å². The lowest BCUT2D eigenvalue weighted by atomic mass is 10.1. The standard InChI is InChI=1S/C21H21IO7.2CH5N/c22-15-28-21(25)29-18(11-26-13-19(23)16-7-3-1-4-8-16)12-27-14-20(24)17-9-5-2-6-10-17;2*1-2/h1-10,18H,11-15H2;2*2H2,1H3. The van der Waals surface area contributed by atoms with Gasteiger partial charge in [-0.25, -0.2) is 4.79 Å². The van der Waals surface area contributed by atoms with Crippen molar-refractivity contribution in [1.29, 1.82) is 0 Å². The average molecular weight is 574 g/mol. The van der Waals surface area contributed by atoms with Crippen LogP contribution in [0.25, 0.3) is 0 Å². The summed E-state index contributed by atoms with van der Waals surface area (Å²) in [5.41, 5.74) is 10.1. The number of ether oxygens (including phenoxy) is 4. The molecule has 0 amide bonds. The van der Waals surface area contributed by atoms with Crippen LogP contribution in [-0.2, 0) is 18.9 Å². The number of rotatable bonds is 12. The van der Waals surface area contributed by atoms with E-state index in [1.165, 1.54) is 14.1 Å². The third-order valence-electron chi connectivity index (χ3n) is 3.70. The Hall–Kier alpha value is -2.38. The average Bonchev–Trinajstić information content (AvgIpc) is 2.87. The predicted octanol–water partition coefficient (Wildman–Crippen LogP) is 2.85. The van der Waals surface area contributed by atoms with Crippen molar-refractivity contribution < 1.29 is 33.3 Å². The van der Waals surface area contributed by atoms with E-state index in [-0.39, 0.29) is 42.6 Å². The van der Waals surface area contributed by atoms with Crippen LogP contribution >= 0.6 is 22.6 Å². The number of benzene rings is 2. The summed E-state index contributed by atoms with van der Waals surface area (Å²) in [6.45, 7) is -0.495. The molecule has 2 aromatic rings. The van der Waals surface area contributed by atoms with E-state index in [0.29, 0.717) is 11.1 Å². The summed E-state index contributed by atoms with van der Waals surface area (Å²) in [4.78, 5) is 35.7. The molecule has 33 heavy (non-hydrogen) atoms. The first-order valence-corrected chi connectivity index (χ1v) is 11.5. The van der Waals surface area contributed by atoms with Gasteiger partial charge in [0.15, 0.2) is 17.7 Å². The predicted molar refractivity (Wildman–Crippen MR) is 134 cm³/mol. The summed E-state index contributed by atoms with van der Waals surface area (Å²) >= 11 is 1.86. The lowest BCUT2D eigenvalue weighted by Crippen LogP contribution is -2.30. The monoisotopic (exact) mass is 574 g/mol. The molecule has 2 rings (SSSR count). The third-order valence-corrected chi connectivity index (χ3v) is 4.01. The summed E-state index contributed by atoms with van der Waals surface area (Å²) in [6.07, 6.45) is -1.70. The lowest BCUT2D eigenvalue weighted by Gasteiger charge is -2.17. The molecule has 0 saturated heterocycles. The largest absolute Gasteiger partial charge is 0.509 e. The Kier molecular flexibility index (Phi) is 18.8. The van der Waals surface area contributed by atoms with E-state index < -0.39 is 12.3 Å². The molecule has 0 atom stereocenters. The molecule has 0 spiro atoms. The zero-order valence-corrected chi connectivity index (χ0v) is 20.9. The molecule has 0 bridgehead atoms. The van der Waals surface area contributed by atoms with Gasteiger partial charge in [-0.1, -0.05) is 60.7 Å². The zero-order chi connectivity index (χ0) is 24.9. The van der Waals surface area contributed by atoms with Gasteiger partial charge in [0.2, 0.25) is 0 Å². The first-order valence-electron chi connectivity index (χ1n) is 9.97. The minimum Gasteiger partial charge on any atom is -0.426 e. The summed E-state index contributed by atoms with van der Waals surface area (Å²) in [6, 6.07) is 17.4. The first-order chi connectivity index (χ1) is 16.1.